The molecule has 0 spiro atoms. The van der Waals surface area contributed by atoms with Crippen molar-refractivity contribution in [2.24, 2.45) is 0 Å². The highest BCUT2D eigenvalue weighted by molar-refractivity contribution is 6.26. The molecule has 0 aliphatic heterocycles. The van der Waals surface area contributed by atoms with Crippen LogP contribution < -0.4 is 0 Å². The minimum Gasteiger partial charge on any atom is -0.278 e. The third kappa shape index (κ3) is 6.43. The van der Waals surface area contributed by atoms with Crippen LogP contribution in [0.15, 0.2) is 243 Å². The largest absolute Gasteiger partial charge is 0.278 e. The second-order valence-corrected chi connectivity index (χ2v) is 18.7. The zero-order chi connectivity index (χ0) is 47.3. The maximum Gasteiger partial charge on any atom is 0.235 e. The lowest BCUT2D eigenvalue weighted by atomic mass is 10.0. The number of rotatable bonds is 6. The molecule has 0 unspecified atom stereocenters. The van der Waals surface area contributed by atoms with Crippen LogP contribution in [0.2, 0.25) is 0 Å². The van der Waals surface area contributed by atoms with Gasteiger partial charge >= 0.3 is 0 Å². The maximum atomic E-state index is 5.55. The van der Waals surface area contributed by atoms with Gasteiger partial charge in [0.1, 0.15) is 0 Å². The Bertz CT molecular complexity index is 4520. The number of para-hydroxylation sites is 2. The first-order chi connectivity index (χ1) is 35.6. The van der Waals surface area contributed by atoms with Crippen LogP contribution in [0.1, 0.15) is 0 Å². The van der Waals surface area contributed by atoms with Crippen molar-refractivity contribution in [3.8, 4) is 56.9 Å². The minimum atomic E-state index is 0.588. The van der Waals surface area contributed by atoms with Gasteiger partial charge < -0.3 is 0 Å². The Morgan fingerprint density at radius 2 is 0.583 bits per heavy atom. The van der Waals surface area contributed by atoms with Crippen LogP contribution in [-0.2, 0) is 0 Å². The van der Waals surface area contributed by atoms with Gasteiger partial charge in [-0.2, -0.15) is 0 Å². The van der Waals surface area contributed by atoms with Gasteiger partial charge in [-0.05, 0) is 97.7 Å². The van der Waals surface area contributed by atoms with Crippen molar-refractivity contribution in [3.05, 3.63) is 243 Å². The average molecular weight is 917 g/mol. The second-order valence-electron chi connectivity index (χ2n) is 18.7. The molecule has 6 nitrogen and oxygen atoms in total. The van der Waals surface area contributed by atoms with E-state index in [0.717, 1.165) is 110 Å². The smallest absolute Gasteiger partial charge is 0.235 e. The van der Waals surface area contributed by atoms with E-state index >= 15 is 0 Å². The van der Waals surface area contributed by atoms with Gasteiger partial charge in [0, 0.05) is 43.8 Å². The molecule has 11 aromatic carbocycles. The van der Waals surface area contributed by atoms with Crippen molar-refractivity contribution in [2.45, 2.75) is 0 Å². The first-order valence-electron chi connectivity index (χ1n) is 24.4. The fourth-order valence-electron chi connectivity index (χ4n) is 11.0. The van der Waals surface area contributed by atoms with Gasteiger partial charge in [0.25, 0.3) is 0 Å². The highest BCUT2D eigenvalue weighted by Gasteiger charge is 2.24. The molecule has 72 heavy (non-hydrogen) atoms. The summed E-state index contributed by atoms with van der Waals surface area (Å²) in [6.45, 7) is 0. The van der Waals surface area contributed by atoms with Crippen LogP contribution in [0, 0.1) is 0 Å². The van der Waals surface area contributed by atoms with Crippen LogP contribution in [0.5, 0.6) is 0 Å². The summed E-state index contributed by atoms with van der Waals surface area (Å²) < 4.78 is 4.53. The normalized spacial score (nSPS) is 11.9. The monoisotopic (exact) mass is 916 g/mol. The van der Waals surface area contributed by atoms with Gasteiger partial charge in [-0.1, -0.05) is 188 Å². The van der Waals surface area contributed by atoms with E-state index in [9.17, 15) is 0 Å². The highest BCUT2D eigenvalue weighted by atomic mass is 15.2. The fourth-order valence-corrected chi connectivity index (χ4v) is 11.0. The molecule has 4 aromatic heterocycles. The fraction of sp³-hybridized carbons (Fsp3) is 0. The zero-order valence-electron chi connectivity index (χ0n) is 38.8. The van der Waals surface area contributed by atoms with E-state index in [2.05, 4.69) is 252 Å². The quantitative estimate of drug-likeness (QED) is 0.167. The SMILES string of the molecule is c1ccc2cc(-c3cc(-c4ccc5ccccc5c4)nc(-n4c5ccccc5c5c4ccc4c6ccccc6n(-c6nc(-c7ccc8ccccc8c7)cc(-c7ccc8ccccc8c7)n6)c45)n3)ccc2c1. The lowest BCUT2D eigenvalue weighted by molar-refractivity contribution is 0.993. The molecule has 0 saturated carbocycles. The minimum absolute atomic E-state index is 0.588. The Morgan fingerprint density at radius 3 is 1.01 bits per heavy atom. The van der Waals surface area contributed by atoms with Crippen LogP contribution in [0.4, 0.5) is 0 Å². The van der Waals surface area contributed by atoms with E-state index in [1.54, 1.807) is 0 Å². The number of aromatic nitrogens is 6. The van der Waals surface area contributed by atoms with E-state index in [4.69, 9.17) is 19.9 Å². The predicted molar refractivity (Wildman–Crippen MR) is 298 cm³/mol. The Hall–Kier alpha value is -9.78. The van der Waals surface area contributed by atoms with Crippen LogP contribution in [0.25, 0.3) is 144 Å². The Morgan fingerprint density at radius 1 is 0.236 bits per heavy atom. The second kappa shape index (κ2) is 15.9. The number of benzene rings is 11. The molecule has 0 fully saturated rings. The van der Waals surface area contributed by atoms with Gasteiger partial charge in [0.15, 0.2) is 0 Å². The topological polar surface area (TPSA) is 61.4 Å². The van der Waals surface area contributed by atoms with E-state index in [1.165, 1.54) is 21.5 Å². The van der Waals surface area contributed by atoms with Gasteiger partial charge in [-0.25, -0.2) is 19.9 Å². The summed E-state index contributed by atoms with van der Waals surface area (Å²) in [7, 11) is 0. The van der Waals surface area contributed by atoms with Crippen LogP contribution >= 0.6 is 0 Å². The zero-order valence-corrected chi connectivity index (χ0v) is 38.8. The molecule has 0 radical (unpaired) electrons. The first-order valence-corrected chi connectivity index (χ1v) is 24.4. The maximum absolute atomic E-state index is 5.55. The summed E-state index contributed by atoms with van der Waals surface area (Å²) in [6, 6.07) is 86.3. The standard InChI is InChI=1S/C66H40N6/c1-5-17-45-35-49(29-25-41(45)13-1)56-39-57(50-30-26-42-14-2-6-18-46(42)36-50)68-65(67-56)71-61-24-12-10-22-55(61)63-62(71)34-33-54-53-21-9-11-23-60(53)72(64(54)63)66-69-58(51-31-27-43-15-3-7-19-47(43)37-51)40-59(70-66)52-32-28-44-16-4-8-20-48(44)38-52/h1-40H. The molecule has 0 aliphatic carbocycles. The summed E-state index contributed by atoms with van der Waals surface area (Å²) >= 11 is 0. The molecule has 0 saturated heterocycles. The average Bonchev–Trinajstić information content (AvgIpc) is 3.97. The van der Waals surface area contributed by atoms with Crippen molar-refractivity contribution in [1.29, 1.82) is 0 Å². The molecule has 0 bridgehead atoms. The molecule has 15 rings (SSSR count). The van der Waals surface area contributed by atoms with Gasteiger partial charge in [0.05, 0.1) is 44.8 Å². The van der Waals surface area contributed by atoms with E-state index in [0.29, 0.717) is 11.9 Å². The highest BCUT2D eigenvalue weighted by Crippen LogP contribution is 2.43. The molecular weight excluding hydrogens is 877 g/mol. The Kier molecular flexibility index (Phi) is 8.86. The third-order valence-electron chi connectivity index (χ3n) is 14.5. The van der Waals surface area contributed by atoms with Crippen molar-refractivity contribution in [2.75, 3.05) is 0 Å². The molecular formula is C66H40N6. The number of hydrogen-bond acceptors (Lipinski definition) is 4. The molecule has 0 atom stereocenters. The molecule has 0 N–H and O–H groups in total. The van der Waals surface area contributed by atoms with E-state index in [1.807, 2.05) is 0 Å². The first kappa shape index (κ1) is 40.1. The van der Waals surface area contributed by atoms with Crippen molar-refractivity contribution >= 4 is 86.7 Å². The van der Waals surface area contributed by atoms with Crippen LogP contribution in [-0.4, -0.2) is 29.1 Å². The van der Waals surface area contributed by atoms with Gasteiger partial charge in [-0.3, -0.25) is 9.13 Å². The molecule has 4 heterocycles. The van der Waals surface area contributed by atoms with Crippen molar-refractivity contribution < 1.29 is 0 Å². The Labute approximate surface area is 413 Å². The van der Waals surface area contributed by atoms with Crippen molar-refractivity contribution in [3.63, 3.8) is 0 Å². The number of nitrogens with zero attached hydrogens (tertiary/aromatic N) is 6. The summed E-state index contributed by atoms with van der Waals surface area (Å²) in [4.78, 5) is 22.1. The molecule has 15 aromatic rings. The summed E-state index contributed by atoms with van der Waals surface area (Å²) in [5.74, 6) is 1.18. The number of hydrogen-bond donors (Lipinski definition) is 0. The van der Waals surface area contributed by atoms with Gasteiger partial charge in [-0.15, -0.1) is 0 Å². The Balaban J connectivity index is 1.02. The lowest BCUT2D eigenvalue weighted by Gasteiger charge is -2.14. The molecule has 0 amide bonds. The molecule has 334 valence electrons. The van der Waals surface area contributed by atoms with Gasteiger partial charge in [0.2, 0.25) is 11.9 Å². The lowest BCUT2D eigenvalue weighted by Crippen LogP contribution is -2.05. The number of fused-ring (bicyclic) bond motifs is 11. The van der Waals surface area contributed by atoms with E-state index in [-0.39, 0.29) is 0 Å². The third-order valence-corrected chi connectivity index (χ3v) is 14.5. The van der Waals surface area contributed by atoms with E-state index < -0.39 is 0 Å². The molecule has 0 aliphatic rings. The molecule has 6 heteroatoms. The van der Waals surface area contributed by atoms with Crippen molar-refractivity contribution in [1.82, 2.24) is 29.1 Å². The summed E-state index contributed by atoms with van der Waals surface area (Å²) in [5.41, 5.74) is 11.5. The van der Waals surface area contributed by atoms with Crippen LogP contribution in [0.3, 0.4) is 0 Å². The summed E-state index contributed by atoms with van der Waals surface area (Å²) in [6.07, 6.45) is 0. The predicted octanol–water partition coefficient (Wildman–Crippen LogP) is 16.7. The summed E-state index contributed by atoms with van der Waals surface area (Å²) in [5, 5.41) is 13.7.